The van der Waals surface area contributed by atoms with Gasteiger partial charge in [-0.3, -0.25) is 28.9 Å². The number of aliphatic hydroxyl groups is 3. The molecule has 1 saturated carbocycles. The first-order valence-corrected chi connectivity index (χ1v) is 45.5. The molecule has 10 heterocycles. The number of oxazole rings is 1. The van der Waals surface area contributed by atoms with Gasteiger partial charge >= 0.3 is 5.97 Å². The molecule has 0 spiro atoms. The molecule has 1 aliphatic carbocycles. The molecule has 0 radical (unpaired) electrons. The number of esters is 1. The van der Waals surface area contributed by atoms with Crippen LogP contribution in [0, 0.1) is 29.6 Å². The van der Waals surface area contributed by atoms with E-state index in [1.807, 2.05) is 97.8 Å². The molecule has 8 aromatic rings. The summed E-state index contributed by atoms with van der Waals surface area (Å²) in [5.74, 6) is -8.25. The van der Waals surface area contributed by atoms with Gasteiger partial charge in [0.15, 0.2) is 17.0 Å². The summed E-state index contributed by atoms with van der Waals surface area (Å²) < 4.78 is 52.8. The number of hydrogen-bond acceptors (Lipinski definition) is 32. The highest BCUT2D eigenvalue weighted by molar-refractivity contribution is 6.39. The van der Waals surface area contributed by atoms with Crippen LogP contribution in [0.3, 0.4) is 0 Å². The number of unbranched alkanes of at least 4 members (excludes halogenated alkanes) is 1. The largest absolute Gasteiger partial charge is 0.459 e. The molecule has 13 rings (SSSR count). The van der Waals surface area contributed by atoms with Crippen molar-refractivity contribution in [2.75, 3.05) is 109 Å². The van der Waals surface area contributed by atoms with Crippen molar-refractivity contribution in [1.29, 1.82) is 0 Å². The molecule has 10 N–H and O–H groups in total. The monoisotopic (exact) mass is 1790 g/mol. The lowest BCUT2D eigenvalue weighted by Crippen LogP contribution is -2.61. The normalized spacial score (nSPS) is 27.0. The second kappa shape index (κ2) is 45.8. The first kappa shape index (κ1) is 96.7. The number of amides is 2. The van der Waals surface area contributed by atoms with Gasteiger partial charge in [-0.2, -0.15) is 10.1 Å². The highest BCUT2D eigenvalue weighted by atomic mass is 16.6. The number of hydrogen-bond donors (Lipinski definition) is 7. The molecule has 700 valence electrons. The number of fused-ring (bicyclic) bond motifs is 5. The summed E-state index contributed by atoms with van der Waals surface area (Å²) in [6.07, 6.45) is 19.4. The minimum atomic E-state index is -2.51. The number of carbonyl (C=O) groups is 6. The number of Topliss-reactive ketones (excluding diaryl/α,β-unsaturated/α-hetero) is 3. The first-order valence-electron chi connectivity index (χ1n) is 45.5. The number of rotatable bonds is 29. The molecule has 2 aromatic carbocycles. The molecule has 37 nitrogen and oxygen atoms in total. The summed E-state index contributed by atoms with van der Waals surface area (Å²) in [7, 11) is 3.21. The highest BCUT2D eigenvalue weighted by Gasteiger charge is 2.53. The van der Waals surface area contributed by atoms with E-state index in [9.17, 15) is 44.1 Å². The van der Waals surface area contributed by atoms with Crippen LogP contribution < -0.4 is 27.4 Å². The number of benzene rings is 2. The van der Waals surface area contributed by atoms with E-state index in [0.29, 0.717) is 150 Å². The maximum absolute atomic E-state index is 14.9. The van der Waals surface area contributed by atoms with Gasteiger partial charge in [-0.1, -0.05) is 92.8 Å². The van der Waals surface area contributed by atoms with E-state index in [1.165, 1.54) is 19.3 Å². The van der Waals surface area contributed by atoms with Crippen LogP contribution in [0.4, 0.5) is 17.8 Å². The Balaban J connectivity index is 0.544. The predicted molar refractivity (Wildman–Crippen MR) is 483 cm³/mol. The van der Waals surface area contributed by atoms with Gasteiger partial charge < -0.3 is 85.2 Å². The van der Waals surface area contributed by atoms with Crippen LogP contribution in [0.5, 0.6) is 0 Å². The van der Waals surface area contributed by atoms with E-state index in [-0.39, 0.29) is 86.7 Å². The van der Waals surface area contributed by atoms with Crippen LogP contribution in [0.15, 0.2) is 126 Å². The maximum Gasteiger partial charge on any atom is 0.329 e. The molecule has 9 unspecified atom stereocenters. The Morgan fingerprint density at radius 2 is 1.52 bits per heavy atom. The van der Waals surface area contributed by atoms with Crippen molar-refractivity contribution in [3.05, 3.63) is 127 Å². The molecule has 15 atom stereocenters. The molecule has 130 heavy (non-hydrogen) atoms. The number of nitrogens with one attached hydrogen (secondary N) is 1. The van der Waals surface area contributed by atoms with Crippen LogP contribution in [0.25, 0.3) is 55.8 Å². The summed E-state index contributed by atoms with van der Waals surface area (Å²) >= 11 is 0. The number of nitrogens with zero attached hydrogens (tertiary/aromatic N) is 16. The van der Waals surface area contributed by atoms with Crippen LogP contribution in [0.2, 0.25) is 0 Å². The van der Waals surface area contributed by atoms with Crippen LogP contribution in [0.1, 0.15) is 150 Å². The summed E-state index contributed by atoms with van der Waals surface area (Å²) in [6, 6.07) is 11.2. The number of aryl methyl sites for hydroxylation is 1. The van der Waals surface area contributed by atoms with Gasteiger partial charge in [-0.25, -0.2) is 38.8 Å². The van der Waals surface area contributed by atoms with Crippen molar-refractivity contribution in [3.63, 3.8) is 0 Å². The number of nitrogen functional groups attached to an aromatic ring is 2. The van der Waals surface area contributed by atoms with Crippen molar-refractivity contribution in [3.8, 4) is 33.6 Å². The van der Waals surface area contributed by atoms with Crippen molar-refractivity contribution in [2.45, 2.75) is 218 Å². The smallest absolute Gasteiger partial charge is 0.329 e. The first-order chi connectivity index (χ1) is 62.7. The Labute approximate surface area is 756 Å². The Morgan fingerprint density at radius 3 is 2.30 bits per heavy atom. The second-order valence-electron chi connectivity index (χ2n) is 35.1. The number of cyclic esters (lactones) is 1. The zero-order valence-electron chi connectivity index (χ0n) is 75.6. The third kappa shape index (κ3) is 24.7. The second-order valence-corrected chi connectivity index (χ2v) is 35.1. The topological polar surface area (TPSA) is 484 Å². The molecule has 5 aliphatic rings. The molecule has 37 heteroatoms. The number of allylic oxidation sites excluding steroid dienone is 6. The summed E-state index contributed by atoms with van der Waals surface area (Å²) in [4.78, 5) is 113. The van der Waals surface area contributed by atoms with E-state index in [1.54, 1.807) is 56.6 Å². The Kier molecular flexibility index (Phi) is 34.1. The van der Waals surface area contributed by atoms with Crippen LogP contribution in [-0.4, -0.2) is 273 Å². The number of piperazine rings is 1. The predicted octanol–water partition coefficient (Wildman–Crippen LogP) is 7.88. The quantitative estimate of drug-likeness (QED) is 0.0101. The fraction of sp³-hybridized carbons (Fsp3) is 0.570. The van der Waals surface area contributed by atoms with E-state index in [0.717, 1.165) is 83.1 Å². The van der Waals surface area contributed by atoms with E-state index in [4.69, 9.17) is 69.8 Å². The summed E-state index contributed by atoms with van der Waals surface area (Å²) in [5, 5.41) is 61.2. The lowest BCUT2D eigenvalue weighted by atomic mass is 9.79. The Bertz CT molecular complexity index is 5270. The SMILES string of the molecule is COC1C[C@@H]2CC[C@@H](C)[C@@](O)(O2)C(=O)C(=O)N2CCCCC2C(=O)OC([C@H](N)CC2CCC(n3nncc3-c3cccc(-c4cnc(N5CCN(Cc6cn(CCOCCOCCOCCC(=O)NCCCCn7nc(-c8ccc9oc(N)nc9c8)c8c(N)ncnc87)nn6)CC5)nc4)c3)[C@H](OC)C2)CC(=O)C(C)/C=C(\C)C(O)[C@@H](O)C(=O)C(C)CC(C)/C=C/C=C/C=C/1C. The summed E-state index contributed by atoms with van der Waals surface area (Å²) in [5.41, 5.74) is 27.7. The number of ketones is 3. The lowest BCUT2D eigenvalue weighted by molar-refractivity contribution is -0.265. The van der Waals surface area contributed by atoms with E-state index >= 15 is 0 Å². The number of methoxy groups -OCH3 is 2. The van der Waals surface area contributed by atoms with Gasteiger partial charge in [0.25, 0.3) is 17.7 Å². The molecule has 6 aromatic heterocycles. The lowest BCUT2D eigenvalue weighted by Gasteiger charge is -2.42. The average Bonchev–Trinajstić information content (AvgIpc) is 0.797. The number of carbonyl (C=O) groups excluding carboxylic acids is 6. The van der Waals surface area contributed by atoms with Crippen molar-refractivity contribution in [2.24, 2.45) is 35.3 Å². The Hall–Kier alpha value is -10.8. The number of anilines is 3. The van der Waals surface area contributed by atoms with E-state index in [2.05, 4.69) is 56.8 Å². The number of ether oxygens (including phenoxy) is 7. The minimum Gasteiger partial charge on any atom is -0.459 e. The van der Waals surface area contributed by atoms with Gasteiger partial charge in [0.1, 0.15) is 53.5 Å². The zero-order chi connectivity index (χ0) is 92.1. The molecule has 3 saturated heterocycles. The molecule has 2 amide bonds. The number of nitrogens with two attached hydrogens (primary N) is 3. The number of aromatic nitrogens is 13. The molecular weight excluding hydrogens is 1670 g/mol. The standard InChI is InChI=1S/C93H126N20O17/c1-57-17-10-9-11-18-58(2)77(123-7)49-69-25-22-62(6)93(122,130-69)86(119)89(120)111-30-14-12-21-73(111)90(121)128-78(50-75(114)59(3)44-61(5)84(117)85(118)83(116)60(4)43-57)70(94)45-63-23-26-72(79(46-63)124-8)113-74(53-102-106-113)65-20-16-19-64(47-65)67-51-98-92(99-52-67)109-34-32-108(33-35-109)54-68-55-110(107-104-68)36-38-126-40-42-127-41-39-125-37-28-80(115)97-29-13-15-31-112-88-81(87(95)100-56-101-88)82(105-112)66-24-27-76-71(48-66)103-91(96)129-76/h9-11,16-20,24,27,44,47-48,51-53,55-57,59-60,62-63,69-70,72-73,77-79,84-85,117-118,122H,12-15,21-23,25-26,28-43,45-46,49-50,54,94H2,1-8H3,(H2,96,103)(H,97,115)(H2,95,100,101)/b11-9+,17-10+,58-18+,61-44+/t57?,59?,60?,62-,63?,69+,70-,72?,73?,77?,78?,79-,84?,85+,93-/m1/s1. The molecule has 2 bridgehead atoms. The third-order valence-corrected chi connectivity index (χ3v) is 25.7. The summed E-state index contributed by atoms with van der Waals surface area (Å²) in [6.45, 7) is 17.8. The molecule has 4 fully saturated rings. The molecular formula is C93H126N20O17. The van der Waals surface area contributed by atoms with Gasteiger partial charge in [-0.05, 0) is 144 Å². The average molecular weight is 1800 g/mol. The maximum atomic E-state index is 14.9. The van der Waals surface area contributed by atoms with Gasteiger partial charge in [-0.15, -0.1) is 10.2 Å². The third-order valence-electron chi connectivity index (χ3n) is 25.7. The van der Waals surface area contributed by atoms with Gasteiger partial charge in [0, 0.05) is 145 Å². The molecule has 4 aliphatic heterocycles. The fourth-order valence-corrected chi connectivity index (χ4v) is 18.0. The fourth-order valence-electron chi connectivity index (χ4n) is 18.0. The van der Waals surface area contributed by atoms with Crippen molar-refractivity contribution >= 4 is 75.0 Å². The number of piperidine rings is 1. The minimum absolute atomic E-state index is 0.0107. The Morgan fingerprint density at radius 1 is 0.754 bits per heavy atom. The van der Waals surface area contributed by atoms with Crippen molar-refractivity contribution < 1.29 is 81.7 Å². The van der Waals surface area contributed by atoms with E-state index < -0.39 is 95.4 Å². The number of aliphatic hydroxyl groups excluding tert-OH is 2. The zero-order valence-corrected chi connectivity index (χ0v) is 75.6. The highest BCUT2D eigenvalue weighted by Crippen LogP contribution is 2.42. The van der Waals surface area contributed by atoms with Gasteiger partial charge in [0.2, 0.25) is 17.6 Å². The van der Waals surface area contributed by atoms with Crippen LogP contribution in [-0.2, 0) is 81.6 Å². The van der Waals surface area contributed by atoms with Crippen molar-refractivity contribution in [1.82, 2.24) is 79.8 Å². The van der Waals surface area contributed by atoms with Crippen LogP contribution >= 0.6 is 0 Å². The van der Waals surface area contributed by atoms with Gasteiger partial charge in [0.05, 0.1) is 93.5 Å².